The van der Waals surface area contributed by atoms with E-state index in [4.69, 9.17) is 4.74 Å². The molecule has 2 saturated heterocycles. The van der Waals surface area contributed by atoms with E-state index in [1.807, 2.05) is 32.9 Å². The molecule has 2 saturated carbocycles. The predicted molar refractivity (Wildman–Crippen MR) is 123 cm³/mol. The zero-order chi connectivity index (χ0) is 23.7. The molecule has 180 valence electrons. The van der Waals surface area contributed by atoms with Gasteiger partial charge in [0.05, 0.1) is 24.5 Å². The summed E-state index contributed by atoms with van der Waals surface area (Å²) >= 11 is 0. The number of amides is 2. The van der Waals surface area contributed by atoms with Crippen molar-refractivity contribution < 1.29 is 19.4 Å². The fourth-order valence-electron chi connectivity index (χ4n) is 5.42. The SMILES string of the molecule is CC(C)(C(=O)O)c1cccc(OC2CN(C(=O)N3CC4(CC(n5cnc(C6CC6)n5)C4)C3)C2)c1. The summed E-state index contributed by atoms with van der Waals surface area (Å²) < 4.78 is 8.05. The van der Waals surface area contributed by atoms with Gasteiger partial charge < -0.3 is 19.6 Å². The molecule has 6 rings (SSSR count). The van der Waals surface area contributed by atoms with Crippen molar-refractivity contribution in [2.24, 2.45) is 5.41 Å². The van der Waals surface area contributed by atoms with Crippen molar-refractivity contribution in [3.8, 4) is 5.75 Å². The first-order valence-electron chi connectivity index (χ1n) is 12.2. The van der Waals surface area contributed by atoms with Crippen LogP contribution in [0.4, 0.5) is 4.79 Å². The van der Waals surface area contributed by atoms with Gasteiger partial charge in [0.2, 0.25) is 0 Å². The second kappa shape index (κ2) is 7.45. The molecule has 9 nitrogen and oxygen atoms in total. The number of aliphatic carboxylic acids is 1. The van der Waals surface area contributed by atoms with Gasteiger partial charge in [0.25, 0.3) is 0 Å². The summed E-state index contributed by atoms with van der Waals surface area (Å²) in [5, 5.41) is 14.1. The van der Waals surface area contributed by atoms with Crippen LogP contribution in [0.2, 0.25) is 0 Å². The predicted octanol–water partition coefficient (Wildman–Crippen LogP) is 3.04. The van der Waals surface area contributed by atoms with Gasteiger partial charge in [0.1, 0.15) is 18.2 Å². The lowest BCUT2D eigenvalue weighted by Gasteiger charge is -2.59. The van der Waals surface area contributed by atoms with Gasteiger partial charge in [-0.25, -0.2) is 14.5 Å². The Morgan fingerprint density at radius 2 is 1.88 bits per heavy atom. The first-order chi connectivity index (χ1) is 16.2. The molecule has 1 N–H and O–H groups in total. The third-order valence-electron chi connectivity index (χ3n) is 8.01. The summed E-state index contributed by atoms with van der Waals surface area (Å²) in [6.45, 7) is 6.11. The van der Waals surface area contributed by atoms with E-state index >= 15 is 0 Å². The van der Waals surface area contributed by atoms with E-state index in [9.17, 15) is 14.7 Å². The van der Waals surface area contributed by atoms with E-state index in [0.29, 0.717) is 36.4 Å². The van der Waals surface area contributed by atoms with E-state index in [0.717, 1.165) is 31.8 Å². The molecule has 9 heteroatoms. The molecular formula is C25H31N5O4. The van der Waals surface area contributed by atoms with Gasteiger partial charge >= 0.3 is 12.0 Å². The van der Waals surface area contributed by atoms with Crippen LogP contribution in [-0.4, -0.2) is 74.0 Å². The molecule has 1 spiro atoms. The summed E-state index contributed by atoms with van der Waals surface area (Å²) in [6, 6.07) is 7.74. The lowest BCUT2D eigenvalue weighted by molar-refractivity contribution is -0.142. The van der Waals surface area contributed by atoms with Crippen molar-refractivity contribution >= 4 is 12.0 Å². The van der Waals surface area contributed by atoms with Crippen molar-refractivity contribution in [3.63, 3.8) is 0 Å². The monoisotopic (exact) mass is 465 g/mol. The number of likely N-dealkylation sites (tertiary alicyclic amines) is 2. The normalized spacial score (nSPS) is 22.2. The minimum absolute atomic E-state index is 0.0663. The Hall–Kier alpha value is -3.10. The van der Waals surface area contributed by atoms with Gasteiger partial charge in [-0.1, -0.05) is 12.1 Å². The maximum Gasteiger partial charge on any atom is 0.320 e. The molecule has 3 heterocycles. The van der Waals surface area contributed by atoms with Crippen LogP contribution in [0.15, 0.2) is 30.6 Å². The van der Waals surface area contributed by atoms with Gasteiger partial charge in [-0.05, 0) is 57.2 Å². The number of rotatable bonds is 6. The van der Waals surface area contributed by atoms with Crippen LogP contribution in [0, 0.1) is 5.41 Å². The van der Waals surface area contributed by atoms with Crippen LogP contribution in [-0.2, 0) is 10.2 Å². The van der Waals surface area contributed by atoms with E-state index in [1.165, 1.54) is 12.8 Å². The molecule has 4 fully saturated rings. The molecule has 0 radical (unpaired) electrons. The zero-order valence-corrected chi connectivity index (χ0v) is 19.7. The standard InChI is InChI=1S/C25H31N5O4/c1-24(2,22(31)32)17-4-3-5-19(8-17)34-20-11-28(12-20)23(33)29-13-25(14-29)9-18(10-25)30-15-26-21(27-30)16-6-7-16/h3-5,8,15-16,18,20H,6-7,9-14H2,1-2H3,(H,31,32). The molecular weight excluding hydrogens is 434 g/mol. The highest BCUT2D eigenvalue weighted by Gasteiger charge is 2.55. The summed E-state index contributed by atoms with van der Waals surface area (Å²) in [5.74, 6) is 1.35. The minimum Gasteiger partial charge on any atom is -0.487 e. The smallest absolute Gasteiger partial charge is 0.320 e. The fourth-order valence-corrected chi connectivity index (χ4v) is 5.42. The first kappa shape index (κ1) is 21.4. The van der Waals surface area contributed by atoms with Gasteiger partial charge in [-0.3, -0.25) is 4.79 Å². The first-order valence-corrected chi connectivity index (χ1v) is 12.2. The molecule has 4 aliphatic rings. The molecule has 2 aliphatic carbocycles. The summed E-state index contributed by atoms with van der Waals surface area (Å²) in [6.07, 6.45) is 6.38. The van der Waals surface area contributed by atoms with Gasteiger partial charge in [-0.2, -0.15) is 5.10 Å². The number of benzene rings is 1. The molecule has 0 unspecified atom stereocenters. The average molecular weight is 466 g/mol. The zero-order valence-electron chi connectivity index (χ0n) is 19.7. The number of ether oxygens (including phenoxy) is 1. The highest BCUT2D eigenvalue weighted by Crippen LogP contribution is 2.54. The Balaban J connectivity index is 0.958. The number of carbonyl (C=O) groups excluding carboxylic acids is 1. The second-order valence-corrected chi connectivity index (χ2v) is 11.2. The third-order valence-corrected chi connectivity index (χ3v) is 8.01. The molecule has 0 bridgehead atoms. The minimum atomic E-state index is -0.984. The van der Waals surface area contributed by atoms with Crippen molar-refractivity contribution in [2.45, 2.75) is 63.0 Å². The number of hydrogen-bond donors (Lipinski definition) is 1. The number of hydrogen-bond acceptors (Lipinski definition) is 5. The summed E-state index contributed by atoms with van der Waals surface area (Å²) in [5.41, 5.74) is -0.0313. The Bertz CT molecular complexity index is 1120. The highest BCUT2D eigenvalue weighted by atomic mass is 16.5. The van der Waals surface area contributed by atoms with Crippen molar-refractivity contribution in [1.82, 2.24) is 24.6 Å². The maximum atomic E-state index is 12.8. The van der Waals surface area contributed by atoms with Crippen molar-refractivity contribution in [1.29, 1.82) is 0 Å². The topological polar surface area (TPSA) is 101 Å². The summed E-state index contributed by atoms with van der Waals surface area (Å²) in [4.78, 5) is 32.6. The van der Waals surface area contributed by atoms with E-state index in [2.05, 4.69) is 10.1 Å². The molecule has 2 aliphatic heterocycles. The quantitative estimate of drug-likeness (QED) is 0.704. The van der Waals surface area contributed by atoms with Crippen LogP contribution in [0.25, 0.3) is 0 Å². The van der Waals surface area contributed by atoms with Crippen LogP contribution in [0.5, 0.6) is 5.75 Å². The maximum absolute atomic E-state index is 12.8. The van der Waals surface area contributed by atoms with Crippen molar-refractivity contribution in [3.05, 3.63) is 42.0 Å². The molecule has 0 atom stereocenters. The number of carboxylic acid groups (broad SMARTS) is 1. The largest absolute Gasteiger partial charge is 0.487 e. The Kier molecular flexibility index (Phi) is 4.70. The molecule has 2 aromatic rings. The van der Waals surface area contributed by atoms with Gasteiger partial charge in [0.15, 0.2) is 5.82 Å². The summed E-state index contributed by atoms with van der Waals surface area (Å²) in [7, 11) is 0. The van der Waals surface area contributed by atoms with Crippen LogP contribution in [0.1, 0.15) is 62.9 Å². The average Bonchev–Trinajstić information content (AvgIpc) is 3.46. The highest BCUT2D eigenvalue weighted by molar-refractivity contribution is 5.80. The number of nitrogens with zero attached hydrogens (tertiary/aromatic N) is 5. The molecule has 1 aromatic carbocycles. The third kappa shape index (κ3) is 3.61. The lowest BCUT2D eigenvalue weighted by Crippen LogP contribution is -2.69. The second-order valence-electron chi connectivity index (χ2n) is 11.2. The van der Waals surface area contributed by atoms with Crippen LogP contribution < -0.4 is 4.74 Å². The van der Waals surface area contributed by atoms with Crippen LogP contribution >= 0.6 is 0 Å². The Morgan fingerprint density at radius 3 is 2.56 bits per heavy atom. The molecule has 34 heavy (non-hydrogen) atoms. The van der Waals surface area contributed by atoms with E-state index < -0.39 is 11.4 Å². The van der Waals surface area contributed by atoms with Crippen LogP contribution in [0.3, 0.4) is 0 Å². The Labute approximate surface area is 198 Å². The molecule has 1 aromatic heterocycles. The number of urea groups is 1. The fraction of sp³-hybridized carbons (Fsp3) is 0.600. The van der Waals surface area contributed by atoms with E-state index in [-0.39, 0.29) is 17.6 Å². The number of carbonyl (C=O) groups is 2. The number of carboxylic acids is 1. The van der Waals surface area contributed by atoms with Crippen molar-refractivity contribution in [2.75, 3.05) is 26.2 Å². The number of aromatic nitrogens is 3. The lowest BCUT2D eigenvalue weighted by atomic mass is 9.61. The Morgan fingerprint density at radius 1 is 1.15 bits per heavy atom. The van der Waals surface area contributed by atoms with Gasteiger partial charge in [-0.15, -0.1) is 0 Å². The molecule has 2 amide bonds. The van der Waals surface area contributed by atoms with Gasteiger partial charge in [0, 0.05) is 24.4 Å². The van der Waals surface area contributed by atoms with E-state index in [1.54, 1.807) is 26.0 Å².